The first-order chi connectivity index (χ1) is 34.3. The molecule has 0 unspecified atom stereocenters. The van der Waals surface area contributed by atoms with Crippen LogP contribution in [-0.4, -0.2) is 4.57 Å². The van der Waals surface area contributed by atoms with Crippen LogP contribution in [0.2, 0.25) is 0 Å². The molecule has 1 aromatic heterocycles. The van der Waals surface area contributed by atoms with E-state index >= 15 is 0 Å². The Kier molecular flexibility index (Phi) is 9.77. The van der Waals surface area contributed by atoms with Gasteiger partial charge in [-0.1, -0.05) is 224 Å². The molecule has 1 aliphatic carbocycles. The van der Waals surface area contributed by atoms with Gasteiger partial charge < -0.3 is 9.47 Å². The maximum absolute atomic E-state index is 2.54. The number of anilines is 3. The number of benzene rings is 11. The quantitative estimate of drug-likeness (QED) is 0.140. The molecule has 69 heavy (non-hydrogen) atoms. The molecule has 0 spiro atoms. The second-order valence-corrected chi connectivity index (χ2v) is 18.0. The minimum atomic E-state index is -0.556. The summed E-state index contributed by atoms with van der Waals surface area (Å²) in [5, 5.41) is 2.46. The van der Waals surface area contributed by atoms with E-state index in [1.165, 1.54) is 72.0 Å². The monoisotopic (exact) mass is 878 g/mol. The Labute approximate surface area is 403 Å². The molecule has 0 bridgehead atoms. The van der Waals surface area contributed by atoms with Gasteiger partial charge in [-0.25, -0.2) is 0 Å². The van der Waals surface area contributed by atoms with Crippen LogP contribution in [0.4, 0.5) is 17.1 Å². The van der Waals surface area contributed by atoms with E-state index in [2.05, 4.69) is 289 Å². The van der Waals surface area contributed by atoms with Crippen molar-refractivity contribution < 1.29 is 0 Å². The molecular weight excluding hydrogens is 833 g/mol. The highest BCUT2D eigenvalue weighted by Crippen LogP contribution is 2.58. The van der Waals surface area contributed by atoms with Gasteiger partial charge in [0.25, 0.3) is 0 Å². The van der Waals surface area contributed by atoms with E-state index in [-0.39, 0.29) is 0 Å². The van der Waals surface area contributed by atoms with E-state index in [4.69, 9.17) is 0 Å². The molecule has 0 fully saturated rings. The Morgan fingerprint density at radius 3 is 1.57 bits per heavy atom. The van der Waals surface area contributed by atoms with Gasteiger partial charge in [-0.3, -0.25) is 0 Å². The van der Waals surface area contributed by atoms with Gasteiger partial charge in [0.1, 0.15) is 0 Å². The maximum atomic E-state index is 2.54. The number of hydrogen-bond donors (Lipinski definition) is 0. The summed E-state index contributed by atoms with van der Waals surface area (Å²) >= 11 is 0. The second kappa shape index (κ2) is 16.7. The first-order valence-corrected chi connectivity index (χ1v) is 23.8. The van der Waals surface area contributed by atoms with Gasteiger partial charge in [0.15, 0.2) is 0 Å². The number of hydrogen-bond acceptors (Lipinski definition) is 1. The molecule has 2 heteroatoms. The van der Waals surface area contributed by atoms with Gasteiger partial charge in [-0.15, -0.1) is 0 Å². The highest BCUT2D eigenvalue weighted by atomic mass is 15.1. The van der Waals surface area contributed by atoms with Gasteiger partial charge >= 0.3 is 0 Å². The first-order valence-electron chi connectivity index (χ1n) is 23.8. The molecule has 0 saturated heterocycles. The SMILES string of the molecule is c1ccc(-c2ccc(N(c3ccccc3)c3ccccc3-c3cccc(-c4ccc5c6ccccc6n(-c6cccc7c6C(c6ccccc6)(c6ccccc6)c6ccccc6-7)c5c4)c3)cc2)cc1. The predicted molar refractivity (Wildman–Crippen MR) is 289 cm³/mol. The topological polar surface area (TPSA) is 8.17 Å². The molecule has 0 amide bonds. The normalized spacial score (nSPS) is 12.5. The molecule has 0 aliphatic heterocycles. The fourth-order valence-electron chi connectivity index (χ4n) is 11.3. The molecule has 0 N–H and O–H groups in total. The lowest BCUT2D eigenvalue weighted by molar-refractivity contribution is 0.762. The highest BCUT2D eigenvalue weighted by Gasteiger charge is 2.48. The lowest BCUT2D eigenvalue weighted by Crippen LogP contribution is -2.29. The van der Waals surface area contributed by atoms with Gasteiger partial charge in [0.05, 0.1) is 27.8 Å². The summed E-state index contributed by atoms with van der Waals surface area (Å²) in [6.07, 6.45) is 0. The number of rotatable bonds is 9. The van der Waals surface area contributed by atoms with Crippen molar-refractivity contribution in [2.24, 2.45) is 0 Å². The van der Waals surface area contributed by atoms with Crippen LogP contribution < -0.4 is 4.90 Å². The Morgan fingerprint density at radius 1 is 0.304 bits per heavy atom. The summed E-state index contributed by atoms with van der Waals surface area (Å²) in [6.45, 7) is 0. The third-order valence-electron chi connectivity index (χ3n) is 14.3. The van der Waals surface area contributed by atoms with Crippen molar-refractivity contribution in [3.8, 4) is 50.2 Å². The van der Waals surface area contributed by atoms with E-state index in [0.717, 1.165) is 39.3 Å². The highest BCUT2D eigenvalue weighted by molar-refractivity contribution is 6.11. The van der Waals surface area contributed by atoms with Crippen molar-refractivity contribution in [2.75, 3.05) is 4.90 Å². The standard InChI is InChI=1S/C67H46N2/c1-5-21-47(22-6-1)48-39-42-55(43-40-48)68(54-29-11-4-12-30-54)62-36-17-14-31-56(62)51-24-19-23-49(45-51)50-41-44-59-58-33-15-18-37-63(58)69(65(59)46-50)64-38-20-34-60-57-32-13-16-35-61(57)67(66(60)64,52-25-7-2-8-26-52)53-27-9-3-10-28-53/h1-46H. The van der Waals surface area contributed by atoms with Crippen molar-refractivity contribution in [1.82, 2.24) is 4.57 Å². The number of nitrogens with zero attached hydrogens (tertiary/aromatic N) is 2. The Hall–Kier alpha value is -8.98. The third-order valence-corrected chi connectivity index (χ3v) is 14.3. The summed E-state index contributed by atoms with van der Waals surface area (Å²) in [5.74, 6) is 0. The molecule has 0 atom stereocenters. The average molecular weight is 879 g/mol. The van der Waals surface area contributed by atoms with E-state index in [9.17, 15) is 0 Å². The summed E-state index contributed by atoms with van der Waals surface area (Å²) in [4.78, 5) is 2.38. The molecule has 1 aliphatic rings. The van der Waals surface area contributed by atoms with Crippen LogP contribution >= 0.6 is 0 Å². The minimum Gasteiger partial charge on any atom is -0.310 e. The molecular formula is C67H46N2. The molecule has 13 rings (SSSR count). The van der Waals surface area contributed by atoms with Crippen molar-refractivity contribution in [3.63, 3.8) is 0 Å². The summed E-state index contributed by atoms with van der Waals surface area (Å²) in [7, 11) is 0. The van der Waals surface area contributed by atoms with Crippen LogP contribution in [0.15, 0.2) is 279 Å². The molecule has 1 heterocycles. The minimum absolute atomic E-state index is 0.556. The smallest absolute Gasteiger partial charge is 0.0734 e. The molecule has 324 valence electrons. The van der Waals surface area contributed by atoms with Crippen molar-refractivity contribution >= 4 is 38.9 Å². The molecule has 12 aromatic rings. The fraction of sp³-hybridized carbons (Fsp3) is 0.0149. The van der Waals surface area contributed by atoms with E-state index in [0.29, 0.717) is 0 Å². The number of para-hydroxylation sites is 3. The number of aromatic nitrogens is 1. The first kappa shape index (κ1) is 40.3. The van der Waals surface area contributed by atoms with Gasteiger partial charge in [-0.2, -0.15) is 0 Å². The predicted octanol–water partition coefficient (Wildman–Crippen LogP) is 17.6. The van der Waals surface area contributed by atoms with E-state index in [1.807, 2.05) is 0 Å². The largest absolute Gasteiger partial charge is 0.310 e. The zero-order chi connectivity index (χ0) is 45.7. The Morgan fingerprint density at radius 2 is 0.812 bits per heavy atom. The van der Waals surface area contributed by atoms with Crippen LogP contribution in [0.1, 0.15) is 22.3 Å². The lowest BCUT2D eigenvalue weighted by Gasteiger charge is -2.35. The van der Waals surface area contributed by atoms with Gasteiger partial charge in [-0.05, 0) is 110 Å². The van der Waals surface area contributed by atoms with Gasteiger partial charge in [0, 0.05) is 33.3 Å². The zero-order valence-electron chi connectivity index (χ0n) is 38.0. The maximum Gasteiger partial charge on any atom is 0.0734 e. The van der Waals surface area contributed by atoms with Crippen LogP contribution in [0.25, 0.3) is 72.0 Å². The summed E-state index contributed by atoms with van der Waals surface area (Å²) < 4.78 is 2.54. The fourth-order valence-corrected chi connectivity index (χ4v) is 11.3. The Bertz CT molecular complexity index is 3780. The van der Waals surface area contributed by atoms with Gasteiger partial charge in [0.2, 0.25) is 0 Å². The average Bonchev–Trinajstić information content (AvgIpc) is 3.93. The third kappa shape index (κ3) is 6.56. The zero-order valence-corrected chi connectivity index (χ0v) is 38.0. The van der Waals surface area contributed by atoms with Crippen LogP contribution in [-0.2, 0) is 5.41 Å². The van der Waals surface area contributed by atoms with E-state index < -0.39 is 5.41 Å². The lowest BCUT2D eigenvalue weighted by atomic mass is 9.67. The number of fused-ring (bicyclic) bond motifs is 6. The second-order valence-electron chi connectivity index (χ2n) is 18.0. The van der Waals surface area contributed by atoms with Crippen molar-refractivity contribution in [3.05, 3.63) is 301 Å². The summed E-state index contributed by atoms with van der Waals surface area (Å²) in [6, 6.07) is 102. The van der Waals surface area contributed by atoms with Crippen LogP contribution in [0.5, 0.6) is 0 Å². The summed E-state index contributed by atoms with van der Waals surface area (Å²) in [5.41, 5.74) is 21.0. The Balaban J connectivity index is 0.982. The van der Waals surface area contributed by atoms with Crippen molar-refractivity contribution in [1.29, 1.82) is 0 Å². The van der Waals surface area contributed by atoms with Crippen LogP contribution in [0, 0.1) is 0 Å². The van der Waals surface area contributed by atoms with Crippen molar-refractivity contribution in [2.45, 2.75) is 5.41 Å². The molecule has 0 radical (unpaired) electrons. The molecule has 11 aromatic carbocycles. The molecule has 2 nitrogen and oxygen atoms in total. The van der Waals surface area contributed by atoms with Crippen LogP contribution in [0.3, 0.4) is 0 Å². The van der Waals surface area contributed by atoms with E-state index in [1.54, 1.807) is 0 Å². The molecule has 0 saturated carbocycles.